The molecule has 0 aliphatic rings. The molecule has 0 saturated heterocycles. The standard InChI is InChI=1S/C24H16F5P.C4H7.Ni/c25-19-20(26)22(28)24(23(29)21(19)27)30(16-10-4-1-5-11-16,17-12-6-2-7-13-17)18-14-8-3-9-15-18;1-4(2)3;/h1-15,30H;1-2H2,3H3;. The van der Waals surface area contributed by atoms with Crippen molar-refractivity contribution in [2.75, 3.05) is 0 Å². The maximum absolute atomic E-state index is 15.3. The van der Waals surface area contributed by atoms with E-state index in [0.29, 0.717) is 15.9 Å². The normalized spacial score (nSPS) is 11.4. The molecule has 7 heteroatoms. The summed E-state index contributed by atoms with van der Waals surface area (Å²) in [6.07, 6.45) is 0. The van der Waals surface area contributed by atoms with Crippen LogP contribution in [0.2, 0.25) is 5.39 Å². The van der Waals surface area contributed by atoms with Crippen LogP contribution in [-0.4, -0.2) is 0 Å². The van der Waals surface area contributed by atoms with E-state index in [-0.39, 0.29) is 0 Å². The van der Waals surface area contributed by atoms with Gasteiger partial charge in [0, 0.05) is 0 Å². The Morgan fingerprint density at radius 3 is 1.11 bits per heavy atom. The number of rotatable bonds is 5. The second kappa shape index (κ2) is 11.8. The van der Waals surface area contributed by atoms with Gasteiger partial charge in [-0.25, -0.2) is 0 Å². The Hall–Kier alpha value is -2.81. The van der Waals surface area contributed by atoms with Gasteiger partial charge in [-0.3, -0.25) is 0 Å². The van der Waals surface area contributed by atoms with E-state index in [0.717, 1.165) is 11.0 Å². The van der Waals surface area contributed by atoms with Crippen molar-refractivity contribution in [2.24, 2.45) is 0 Å². The van der Waals surface area contributed by atoms with E-state index in [1.807, 2.05) is 6.92 Å². The van der Waals surface area contributed by atoms with E-state index in [1.165, 1.54) is 0 Å². The zero-order valence-electron chi connectivity index (χ0n) is 18.8. The molecular weight excluding hydrogens is 521 g/mol. The molecule has 0 aromatic heterocycles. The summed E-state index contributed by atoms with van der Waals surface area (Å²) in [7, 11) is -3.87. The number of hydrogen-bond donors (Lipinski definition) is 0. The topological polar surface area (TPSA) is 0 Å². The first-order valence-electron chi connectivity index (χ1n) is 10.6. The van der Waals surface area contributed by atoms with Gasteiger partial charge in [-0.2, -0.15) is 0 Å². The van der Waals surface area contributed by atoms with Crippen LogP contribution in [0.5, 0.6) is 0 Å². The predicted molar refractivity (Wildman–Crippen MR) is 132 cm³/mol. The van der Waals surface area contributed by atoms with E-state index in [1.54, 1.807) is 91.0 Å². The van der Waals surface area contributed by atoms with E-state index in [2.05, 4.69) is 22.0 Å². The van der Waals surface area contributed by atoms with Gasteiger partial charge in [0.15, 0.2) is 0 Å². The third kappa shape index (κ3) is 5.25. The Morgan fingerprint density at radius 1 is 0.600 bits per heavy atom. The van der Waals surface area contributed by atoms with Crippen molar-refractivity contribution < 1.29 is 37.4 Å². The van der Waals surface area contributed by atoms with Gasteiger partial charge in [0.25, 0.3) is 0 Å². The van der Waals surface area contributed by atoms with Crippen molar-refractivity contribution in [2.45, 2.75) is 12.3 Å². The van der Waals surface area contributed by atoms with Crippen molar-refractivity contribution in [1.82, 2.24) is 0 Å². The fourth-order valence-corrected chi connectivity index (χ4v) is 8.75. The summed E-state index contributed by atoms with van der Waals surface area (Å²) in [5.41, 5.74) is 1.09. The molecule has 0 amide bonds. The average molecular weight is 544 g/mol. The van der Waals surface area contributed by atoms with Gasteiger partial charge in [0.05, 0.1) is 0 Å². The molecule has 0 bridgehead atoms. The van der Waals surface area contributed by atoms with Gasteiger partial charge in [-0.1, -0.05) is 0 Å². The van der Waals surface area contributed by atoms with Gasteiger partial charge >= 0.3 is 210 Å². The molecule has 185 valence electrons. The molecule has 0 N–H and O–H groups in total. The molecule has 0 aliphatic carbocycles. The van der Waals surface area contributed by atoms with Crippen LogP contribution in [0.15, 0.2) is 103 Å². The molecule has 0 nitrogen and oxygen atoms in total. The van der Waals surface area contributed by atoms with E-state index < -0.39 is 41.7 Å². The summed E-state index contributed by atoms with van der Waals surface area (Å²) in [5, 5.41) is 1.48. The fourth-order valence-electron chi connectivity index (χ4n) is 3.93. The Balaban J connectivity index is 0.000000623. The minimum atomic E-state index is -3.87. The van der Waals surface area contributed by atoms with Gasteiger partial charge in [-0.05, 0) is 0 Å². The third-order valence-electron chi connectivity index (χ3n) is 5.40. The van der Waals surface area contributed by atoms with E-state index in [4.69, 9.17) is 0 Å². The molecule has 0 spiro atoms. The van der Waals surface area contributed by atoms with Crippen LogP contribution in [0.1, 0.15) is 6.92 Å². The number of allylic oxidation sites excluding steroid dienone is 1. The summed E-state index contributed by atoms with van der Waals surface area (Å²) in [6, 6.07) is 25.4. The zero-order valence-corrected chi connectivity index (χ0v) is 20.8. The number of hydrogen-bond acceptors (Lipinski definition) is 0. The second-order valence-electron chi connectivity index (χ2n) is 7.86. The quantitative estimate of drug-likeness (QED) is 0.0696. The average Bonchev–Trinajstić information content (AvgIpc) is 2.90. The molecule has 0 unspecified atom stereocenters. The molecule has 4 aromatic carbocycles. The molecule has 0 saturated carbocycles. The first-order valence-corrected chi connectivity index (χ1v) is 13.3. The molecule has 4 aromatic rings. The Labute approximate surface area is 210 Å². The van der Waals surface area contributed by atoms with Crippen molar-refractivity contribution in [3.63, 3.8) is 0 Å². The Morgan fingerprint density at radius 2 is 0.857 bits per heavy atom. The first kappa shape index (κ1) is 26.8. The molecule has 0 atom stereocenters. The van der Waals surface area contributed by atoms with Crippen LogP contribution in [0.4, 0.5) is 22.0 Å². The third-order valence-corrected chi connectivity index (χ3v) is 10.8. The van der Waals surface area contributed by atoms with Crippen LogP contribution < -0.4 is 21.2 Å². The van der Waals surface area contributed by atoms with Gasteiger partial charge in [0.1, 0.15) is 0 Å². The molecule has 0 radical (unpaired) electrons. The van der Waals surface area contributed by atoms with Crippen LogP contribution in [0, 0.1) is 29.1 Å². The second-order valence-corrected chi connectivity index (χ2v) is 11.9. The summed E-state index contributed by atoms with van der Waals surface area (Å²) >= 11 is 4.33. The monoisotopic (exact) mass is 543 g/mol. The maximum atomic E-state index is 15.3. The first-order chi connectivity index (χ1) is 16.8. The van der Waals surface area contributed by atoms with Crippen molar-refractivity contribution in [3.05, 3.63) is 132 Å². The zero-order chi connectivity index (χ0) is 25.6. The summed E-state index contributed by atoms with van der Waals surface area (Å²) < 4.78 is 73.1. The van der Waals surface area contributed by atoms with Gasteiger partial charge < -0.3 is 0 Å². The summed E-state index contributed by atoms with van der Waals surface area (Å²) in [6.45, 7) is 5.51. The van der Waals surface area contributed by atoms with Gasteiger partial charge in [-0.15, -0.1) is 0 Å². The molecule has 4 rings (SSSR count). The van der Waals surface area contributed by atoms with Gasteiger partial charge in [0.2, 0.25) is 0 Å². The number of benzene rings is 4. The summed E-state index contributed by atoms with van der Waals surface area (Å²) in [5.74, 6) is -9.64. The molecule has 35 heavy (non-hydrogen) atoms. The Kier molecular flexibility index (Phi) is 9.00. The van der Waals surface area contributed by atoms with Crippen molar-refractivity contribution >= 4 is 28.5 Å². The van der Waals surface area contributed by atoms with Crippen molar-refractivity contribution in [3.8, 4) is 0 Å². The molecular formula is C28H23F5NiP. The minimum absolute atomic E-state index is 0.505. The molecule has 0 heterocycles. The molecule has 0 fully saturated rings. The van der Waals surface area contributed by atoms with Crippen LogP contribution in [-0.2, 0) is 15.5 Å². The van der Waals surface area contributed by atoms with Crippen molar-refractivity contribution in [1.29, 1.82) is 0 Å². The number of halogens is 5. The Bertz CT molecular complexity index is 1170. The fraction of sp³-hybridized carbons (Fsp3) is 0.0714. The predicted octanol–water partition coefficient (Wildman–Crippen LogP) is 6.26. The SMILES string of the molecule is C=C(C)[CH2][Ni].Fc1c(F)c(F)c([PH](c2ccccc2)(c2ccccc2)c2ccccc2)c(F)c1F. The molecule has 0 aliphatic heterocycles. The van der Waals surface area contributed by atoms with Crippen LogP contribution in [0.3, 0.4) is 0 Å². The van der Waals surface area contributed by atoms with E-state index in [9.17, 15) is 13.2 Å². The van der Waals surface area contributed by atoms with Crippen LogP contribution >= 0.6 is 7.26 Å². The summed E-state index contributed by atoms with van der Waals surface area (Å²) in [4.78, 5) is 0. The van der Waals surface area contributed by atoms with Crippen LogP contribution in [0.25, 0.3) is 0 Å². The van der Waals surface area contributed by atoms with E-state index >= 15 is 8.78 Å².